The molecule has 0 spiro atoms. The third kappa shape index (κ3) is 9.92. The smallest absolute Gasteiger partial charge is 0.269 e. The van der Waals surface area contributed by atoms with Gasteiger partial charge in [0.25, 0.3) is 11.6 Å². The van der Waals surface area contributed by atoms with Crippen LogP contribution in [0.2, 0.25) is 0 Å². The molecule has 0 unspecified atom stereocenters. The molecule has 6 rings (SSSR count). The zero-order chi connectivity index (χ0) is 40.5. The number of fused-ring (bicyclic) bond motifs is 1. The summed E-state index contributed by atoms with van der Waals surface area (Å²) in [5.74, 6) is 0.500. The highest BCUT2D eigenvalue weighted by atomic mass is 32.2. The van der Waals surface area contributed by atoms with Crippen LogP contribution in [0.3, 0.4) is 0 Å². The van der Waals surface area contributed by atoms with Crippen LogP contribution in [0.1, 0.15) is 72.3 Å². The van der Waals surface area contributed by atoms with Crippen LogP contribution in [0.4, 0.5) is 11.4 Å². The molecular weight excluding hydrogens is 745 g/mol. The van der Waals surface area contributed by atoms with Crippen LogP contribution in [-0.4, -0.2) is 79.6 Å². The molecule has 4 aromatic rings. The molecule has 1 aromatic heterocycles. The van der Waals surface area contributed by atoms with E-state index in [0.29, 0.717) is 69.0 Å². The predicted molar refractivity (Wildman–Crippen MR) is 224 cm³/mol. The van der Waals surface area contributed by atoms with Gasteiger partial charge in [-0.2, -0.15) is 4.31 Å². The Morgan fingerprint density at radius 3 is 2.25 bits per heavy atom. The van der Waals surface area contributed by atoms with Crippen LogP contribution in [0.25, 0.3) is 22.2 Å². The topological polar surface area (TPSA) is 156 Å². The molecule has 3 aromatic carbocycles. The zero-order valence-electron chi connectivity index (χ0n) is 32.6. The number of ether oxygens (including phenoxy) is 1. The number of anilines is 1. The Labute approximate surface area is 334 Å². The second-order valence-corrected chi connectivity index (χ2v) is 16.7. The number of nitrogens with zero attached hydrogens (tertiary/aromatic N) is 4. The Morgan fingerprint density at radius 1 is 0.912 bits per heavy atom. The molecule has 14 heteroatoms. The predicted octanol–water partition coefficient (Wildman–Crippen LogP) is 6.92. The van der Waals surface area contributed by atoms with Gasteiger partial charge in [-0.05, 0) is 85.2 Å². The molecule has 2 fully saturated rings. The van der Waals surface area contributed by atoms with Crippen molar-refractivity contribution in [2.24, 2.45) is 0 Å². The zero-order valence-corrected chi connectivity index (χ0v) is 33.4. The van der Waals surface area contributed by atoms with Gasteiger partial charge >= 0.3 is 0 Å². The van der Waals surface area contributed by atoms with Crippen LogP contribution in [-0.2, 0) is 28.0 Å². The maximum atomic E-state index is 13.5. The summed E-state index contributed by atoms with van der Waals surface area (Å²) in [7, 11) is -3.32. The van der Waals surface area contributed by atoms with Crippen molar-refractivity contribution in [3.05, 3.63) is 113 Å². The van der Waals surface area contributed by atoms with Gasteiger partial charge in [0.1, 0.15) is 18.9 Å². The normalized spacial score (nSPS) is 15.3. The third-order valence-corrected chi connectivity index (χ3v) is 12.1. The quantitative estimate of drug-likeness (QED) is 0.0505. The molecule has 1 aliphatic carbocycles. The molecule has 2 heterocycles. The van der Waals surface area contributed by atoms with Crippen molar-refractivity contribution in [1.29, 1.82) is 0 Å². The molecule has 2 N–H and O–H groups in total. The van der Waals surface area contributed by atoms with Gasteiger partial charge in [0.05, 0.1) is 22.4 Å². The highest BCUT2D eigenvalue weighted by Gasteiger charge is 2.29. The number of piperazine rings is 1. The SMILES string of the molecule is C=CCCNC(=O)Cn1c(-c2ccc(OCc3cc([N+](=O)[O-])ccc3N3CCN(S(C)(=O)=O)CC3)cc2)c(C2CCCCC2)c2ccc(C(=O)NCCC=C)cc21. The van der Waals surface area contributed by atoms with Gasteiger partial charge in [-0.15, -0.1) is 13.2 Å². The molecule has 1 aliphatic heterocycles. The van der Waals surface area contributed by atoms with Crippen LogP contribution in [0.5, 0.6) is 5.75 Å². The summed E-state index contributed by atoms with van der Waals surface area (Å²) in [5, 5.41) is 18.7. The lowest BCUT2D eigenvalue weighted by Gasteiger charge is -2.35. The lowest BCUT2D eigenvalue weighted by atomic mass is 9.81. The number of sulfonamides is 1. The fourth-order valence-corrected chi connectivity index (χ4v) is 8.77. The van der Waals surface area contributed by atoms with Gasteiger partial charge in [0.15, 0.2) is 0 Å². The molecule has 0 bridgehead atoms. The average molecular weight is 797 g/mol. The number of rotatable bonds is 17. The van der Waals surface area contributed by atoms with Crippen molar-refractivity contribution in [2.45, 2.75) is 64.0 Å². The Balaban J connectivity index is 1.34. The standard InChI is InChI=1S/C43H52N6O7S/c1-4-6-21-44-40(50)29-48-39-28-33(43(51)45-22-7-5-2)15-19-37(39)41(31-11-9-8-10-12-31)42(48)32-13-17-36(18-14-32)56-30-34-27-35(49(52)53)16-20-38(34)46-23-25-47(26-24-46)57(3,54)55/h4-5,13-20,27-28,31H,1-2,6-12,21-26,29-30H2,3H3,(H,44,50)(H,45,51). The molecule has 2 amide bonds. The highest BCUT2D eigenvalue weighted by Crippen LogP contribution is 2.44. The van der Waals surface area contributed by atoms with E-state index in [0.717, 1.165) is 53.5 Å². The Morgan fingerprint density at radius 2 is 1.60 bits per heavy atom. The van der Waals surface area contributed by atoms with Crippen LogP contribution >= 0.6 is 0 Å². The van der Waals surface area contributed by atoms with E-state index < -0.39 is 14.9 Å². The van der Waals surface area contributed by atoms with Crippen molar-refractivity contribution in [3.63, 3.8) is 0 Å². The van der Waals surface area contributed by atoms with Crippen LogP contribution in [0, 0.1) is 10.1 Å². The van der Waals surface area contributed by atoms with Gasteiger partial charge in [-0.25, -0.2) is 8.42 Å². The van der Waals surface area contributed by atoms with Crippen LogP contribution < -0.4 is 20.3 Å². The second kappa shape index (κ2) is 18.6. The first-order chi connectivity index (χ1) is 27.5. The highest BCUT2D eigenvalue weighted by molar-refractivity contribution is 7.88. The summed E-state index contributed by atoms with van der Waals surface area (Å²) in [6, 6.07) is 18.1. The fraction of sp³-hybridized carbons (Fsp3) is 0.395. The average Bonchev–Trinajstić information content (AvgIpc) is 3.53. The number of nitrogens with one attached hydrogen (secondary N) is 2. The number of hydrogen-bond acceptors (Lipinski definition) is 8. The van der Waals surface area contributed by atoms with E-state index in [9.17, 15) is 28.1 Å². The summed E-state index contributed by atoms with van der Waals surface area (Å²) in [6.45, 7) is 10.1. The largest absolute Gasteiger partial charge is 0.489 e. The Hall–Kier alpha value is -5.47. The summed E-state index contributed by atoms with van der Waals surface area (Å²) in [6.07, 6.45) is 11.5. The van der Waals surface area contributed by atoms with Crippen molar-refractivity contribution in [2.75, 3.05) is 50.4 Å². The second-order valence-electron chi connectivity index (χ2n) is 14.7. The number of non-ortho nitro benzene ring substituents is 1. The van der Waals surface area contributed by atoms with Crippen LogP contribution in [0.15, 0.2) is 86.0 Å². The first-order valence-electron chi connectivity index (χ1n) is 19.6. The Bertz CT molecular complexity index is 2220. The summed E-state index contributed by atoms with van der Waals surface area (Å²) in [4.78, 5) is 40.0. The van der Waals surface area contributed by atoms with E-state index in [-0.39, 0.29) is 36.6 Å². The fourth-order valence-electron chi connectivity index (χ4n) is 7.94. The molecule has 0 radical (unpaired) electrons. The molecule has 1 saturated carbocycles. The molecule has 302 valence electrons. The molecule has 57 heavy (non-hydrogen) atoms. The summed E-state index contributed by atoms with van der Waals surface area (Å²) in [5.41, 5.74) is 5.65. The minimum atomic E-state index is -3.32. The first kappa shape index (κ1) is 41.2. The molecule has 13 nitrogen and oxygen atoms in total. The lowest BCUT2D eigenvalue weighted by Crippen LogP contribution is -2.48. The monoisotopic (exact) mass is 796 g/mol. The van der Waals surface area contributed by atoms with E-state index in [4.69, 9.17) is 4.74 Å². The lowest BCUT2D eigenvalue weighted by molar-refractivity contribution is -0.384. The number of hydrogen-bond donors (Lipinski definition) is 2. The Kier molecular flexibility index (Phi) is 13.5. The number of nitro groups is 1. The maximum Gasteiger partial charge on any atom is 0.269 e. The van der Waals surface area contributed by atoms with Gasteiger partial charge in [0.2, 0.25) is 15.9 Å². The minimum absolute atomic E-state index is 0.0543. The first-order valence-corrected chi connectivity index (χ1v) is 21.5. The third-order valence-electron chi connectivity index (χ3n) is 10.8. The number of aromatic nitrogens is 1. The minimum Gasteiger partial charge on any atom is -0.489 e. The van der Waals surface area contributed by atoms with E-state index in [1.54, 1.807) is 18.2 Å². The van der Waals surface area contributed by atoms with Gasteiger partial charge < -0.3 is 24.8 Å². The summed E-state index contributed by atoms with van der Waals surface area (Å²) < 4.78 is 33.9. The van der Waals surface area contributed by atoms with Crippen molar-refractivity contribution < 1.29 is 27.7 Å². The number of nitro benzene ring substituents is 1. The van der Waals surface area contributed by atoms with E-state index in [2.05, 4.69) is 23.8 Å². The number of carbonyl (C=O) groups excluding carboxylic acids is 2. The number of carbonyl (C=O) groups is 2. The summed E-state index contributed by atoms with van der Waals surface area (Å²) >= 11 is 0. The van der Waals surface area contributed by atoms with Crippen molar-refractivity contribution in [3.8, 4) is 17.0 Å². The maximum absolute atomic E-state index is 13.5. The van der Waals surface area contributed by atoms with E-state index >= 15 is 0 Å². The van der Waals surface area contributed by atoms with Gasteiger partial charge in [0, 0.05) is 73.6 Å². The number of benzene rings is 3. The number of amides is 2. The molecular formula is C43H52N6O7S. The van der Waals surface area contributed by atoms with Crippen molar-refractivity contribution in [1.82, 2.24) is 19.5 Å². The van der Waals surface area contributed by atoms with Gasteiger partial charge in [-0.3, -0.25) is 19.7 Å². The molecule has 1 saturated heterocycles. The van der Waals surface area contributed by atoms with E-state index in [1.165, 1.54) is 34.7 Å². The van der Waals surface area contributed by atoms with Crippen molar-refractivity contribution >= 4 is 44.1 Å². The molecule has 2 aliphatic rings. The van der Waals surface area contributed by atoms with Gasteiger partial charge in [-0.1, -0.05) is 37.5 Å². The molecule has 0 atom stereocenters. The van der Waals surface area contributed by atoms with E-state index in [1.807, 2.05) is 51.9 Å².